The van der Waals surface area contributed by atoms with E-state index in [1.165, 1.54) is 0 Å². The monoisotopic (exact) mass is 236 g/mol. The Hall–Kier alpha value is -1.64. The Morgan fingerprint density at radius 3 is 2.94 bits per heavy atom. The molecule has 0 saturated heterocycles. The van der Waals surface area contributed by atoms with Gasteiger partial charge in [0.25, 0.3) is 0 Å². The summed E-state index contributed by atoms with van der Waals surface area (Å²) in [4.78, 5) is 12.5. The number of rotatable bonds is 8. The van der Waals surface area contributed by atoms with E-state index in [2.05, 4.69) is 11.0 Å². The fourth-order valence-electron chi connectivity index (χ4n) is 1.46. The third kappa shape index (κ3) is 4.81. The van der Waals surface area contributed by atoms with Gasteiger partial charge in [0.2, 0.25) is 0 Å². The van der Waals surface area contributed by atoms with Crippen molar-refractivity contribution in [1.82, 2.24) is 4.90 Å². The van der Waals surface area contributed by atoms with Crippen LogP contribution in [0.1, 0.15) is 22.7 Å². The van der Waals surface area contributed by atoms with Crippen molar-refractivity contribution in [3.8, 4) is 6.07 Å². The summed E-state index contributed by atoms with van der Waals surface area (Å²) in [6.45, 7) is 2.58. The van der Waals surface area contributed by atoms with Crippen molar-refractivity contribution in [2.75, 3.05) is 26.8 Å². The molecule has 92 valence electrons. The Labute approximate surface area is 101 Å². The van der Waals surface area contributed by atoms with Gasteiger partial charge in [-0.05, 0) is 12.1 Å². The number of hydrogen-bond donors (Lipinski definition) is 0. The Morgan fingerprint density at radius 2 is 2.35 bits per heavy atom. The smallest absolute Gasteiger partial charge is 0.185 e. The number of aldehydes is 1. The van der Waals surface area contributed by atoms with Crippen LogP contribution in [0.2, 0.25) is 0 Å². The van der Waals surface area contributed by atoms with Gasteiger partial charge in [0.05, 0.1) is 19.2 Å². The number of nitriles is 1. The summed E-state index contributed by atoms with van der Waals surface area (Å²) >= 11 is 0. The molecule has 0 radical (unpaired) electrons. The maximum absolute atomic E-state index is 10.5. The fraction of sp³-hybridized carbons (Fsp3) is 0.500. The molecule has 1 aromatic heterocycles. The molecule has 5 nitrogen and oxygen atoms in total. The third-order valence-electron chi connectivity index (χ3n) is 2.33. The highest BCUT2D eigenvalue weighted by Crippen LogP contribution is 2.09. The SMILES string of the molecule is COCCN(CCC#N)Cc1ccc(C=O)o1. The van der Waals surface area contributed by atoms with Gasteiger partial charge in [-0.3, -0.25) is 9.69 Å². The number of furan rings is 1. The third-order valence-corrected chi connectivity index (χ3v) is 2.33. The quantitative estimate of drug-likeness (QED) is 0.639. The molecule has 0 saturated carbocycles. The molecule has 0 fully saturated rings. The van der Waals surface area contributed by atoms with Crippen LogP contribution < -0.4 is 0 Å². The van der Waals surface area contributed by atoms with Crippen LogP contribution in [-0.2, 0) is 11.3 Å². The minimum atomic E-state index is 0.326. The molecule has 0 N–H and O–H groups in total. The zero-order valence-electron chi connectivity index (χ0n) is 9.89. The van der Waals surface area contributed by atoms with Crippen LogP contribution in [0.4, 0.5) is 0 Å². The lowest BCUT2D eigenvalue weighted by Crippen LogP contribution is -2.27. The molecule has 1 heterocycles. The number of ether oxygens (including phenoxy) is 1. The molecule has 0 aliphatic heterocycles. The van der Waals surface area contributed by atoms with Crippen LogP contribution in [-0.4, -0.2) is 38.0 Å². The summed E-state index contributed by atoms with van der Waals surface area (Å²) < 4.78 is 10.3. The number of carbonyl (C=O) groups excluding carboxylic acids is 1. The van der Waals surface area contributed by atoms with Crippen LogP contribution in [0.25, 0.3) is 0 Å². The maximum atomic E-state index is 10.5. The average Bonchev–Trinajstić information content (AvgIpc) is 2.80. The molecule has 0 aliphatic rings. The van der Waals surface area contributed by atoms with Crippen LogP contribution >= 0.6 is 0 Å². The molecular weight excluding hydrogens is 220 g/mol. The van der Waals surface area contributed by atoms with E-state index in [4.69, 9.17) is 14.4 Å². The highest BCUT2D eigenvalue weighted by molar-refractivity contribution is 5.70. The minimum absolute atomic E-state index is 0.326. The Morgan fingerprint density at radius 1 is 1.53 bits per heavy atom. The molecule has 0 unspecified atom stereocenters. The van der Waals surface area contributed by atoms with Gasteiger partial charge in [-0.25, -0.2) is 0 Å². The van der Waals surface area contributed by atoms with Gasteiger partial charge in [-0.15, -0.1) is 0 Å². The first kappa shape index (κ1) is 13.4. The summed E-state index contributed by atoms with van der Waals surface area (Å²) in [6.07, 6.45) is 1.14. The van der Waals surface area contributed by atoms with Crippen molar-refractivity contribution in [2.24, 2.45) is 0 Å². The summed E-state index contributed by atoms with van der Waals surface area (Å²) in [5.74, 6) is 1.05. The first-order valence-corrected chi connectivity index (χ1v) is 5.42. The summed E-state index contributed by atoms with van der Waals surface area (Å²) in [7, 11) is 1.64. The van der Waals surface area contributed by atoms with Gasteiger partial charge >= 0.3 is 0 Å². The molecule has 0 bridgehead atoms. The van der Waals surface area contributed by atoms with Crippen molar-refractivity contribution in [2.45, 2.75) is 13.0 Å². The molecule has 1 aromatic rings. The van der Waals surface area contributed by atoms with Crippen LogP contribution in [0.3, 0.4) is 0 Å². The fourth-order valence-corrected chi connectivity index (χ4v) is 1.46. The lowest BCUT2D eigenvalue weighted by Gasteiger charge is -2.19. The van der Waals surface area contributed by atoms with E-state index < -0.39 is 0 Å². The summed E-state index contributed by atoms with van der Waals surface area (Å²) in [5.41, 5.74) is 0. The van der Waals surface area contributed by atoms with Crippen molar-refractivity contribution in [1.29, 1.82) is 5.26 Å². The van der Waals surface area contributed by atoms with Gasteiger partial charge in [-0.2, -0.15) is 5.26 Å². The van der Waals surface area contributed by atoms with Gasteiger partial charge < -0.3 is 9.15 Å². The van der Waals surface area contributed by atoms with Gasteiger partial charge in [0, 0.05) is 26.6 Å². The van der Waals surface area contributed by atoms with Crippen molar-refractivity contribution in [3.05, 3.63) is 23.7 Å². The van der Waals surface area contributed by atoms with Crippen LogP contribution in [0.15, 0.2) is 16.5 Å². The van der Waals surface area contributed by atoms with E-state index in [-0.39, 0.29) is 0 Å². The van der Waals surface area contributed by atoms with Crippen LogP contribution in [0, 0.1) is 11.3 Å². The Kier molecular flexibility index (Phi) is 6.00. The first-order valence-electron chi connectivity index (χ1n) is 5.42. The van der Waals surface area contributed by atoms with E-state index in [1.807, 2.05) is 0 Å². The van der Waals surface area contributed by atoms with E-state index >= 15 is 0 Å². The van der Waals surface area contributed by atoms with E-state index in [1.54, 1.807) is 19.2 Å². The highest BCUT2D eigenvalue weighted by atomic mass is 16.5. The van der Waals surface area contributed by atoms with E-state index in [0.29, 0.717) is 38.2 Å². The topological polar surface area (TPSA) is 66.5 Å². The van der Waals surface area contributed by atoms with Crippen molar-refractivity contribution >= 4 is 6.29 Å². The molecule has 0 amide bonds. The number of carbonyl (C=O) groups is 1. The first-order chi connectivity index (χ1) is 8.30. The Balaban J connectivity index is 2.51. The summed E-state index contributed by atoms with van der Waals surface area (Å²) in [6, 6.07) is 5.52. The van der Waals surface area contributed by atoms with Gasteiger partial charge in [0.15, 0.2) is 12.0 Å². The van der Waals surface area contributed by atoms with Crippen molar-refractivity contribution in [3.63, 3.8) is 0 Å². The van der Waals surface area contributed by atoms with Gasteiger partial charge in [0.1, 0.15) is 5.76 Å². The number of hydrogen-bond acceptors (Lipinski definition) is 5. The zero-order chi connectivity index (χ0) is 12.5. The molecule has 0 spiro atoms. The van der Waals surface area contributed by atoms with Gasteiger partial charge in [-0.1, -0.05) is 0 Å². The predicted molar refractivity (Wildman–Crippen MR) is 61.5 cm³/mol. The molecule has 5 heteroatoms. The lowest BCUT2D eigenvalue weighted by atomic mass is 10.3. The Bertz CT molecular complexity index is 381. The van der Waals surface area contributed by atoms with E-state index in [9.17, 15) is 4.79 Å². The second kappa shape index (κ2) is 7.60. The second-order valence-electron chi connectivity index (χ2n) is 3.60. The molecule has 1 rings (SSSR count). The normalized spacial score (nSPS) is 10.4. The number of nitrogens with zero attached hydrogens (tertiary/aromatic N) is 2. The zero-order valence-corrected chi connectivity index (χ0v) is 9.89. The molecule has 0 atom stereocenters. The lowest BCUT2D eigenvalue weighted by molar-refractivity contribution is 0.109. The highest BCUT2D eigenvalue weighted by Gasteiger charge is 2.08. The predicted octanol–water partition coefficient (Wildman–Crippen LogP) is 1.45. The molecule has 0 aliphatic carbocycles. The second-order valence-corrected chi connectivity index (χ2v) is 3.60. The average molecular weight is 236 g/mol. The van der Waals surface area contributed by atoms with E-state index in [0.717, 1.165) is 12.3 Å². The summed E-state index contributed by atoms with van der Waals surface area (Å²) in [5, 5.41) is 8.57. The maximum Gasteiger partial charge on any atom is 0.185 e. The van der Waals surface area contributed by atoms with Crippen molar-refractivity contribution < 1.29 is 13.9 Å². The minimum Gasteiger partial charge on any atom is -0.457 e. The largest absolute Gasteiger partial charge is 0.457 e. The number of methoxy groups -OCH3 is 1. The molecule has 17 heavy (non-hydrogen) atoms. The van der Waals surface area contributed by atoms with Crippen LogP contribution in [0.5, 0.6) is 0 Å². The molecular formula is C12H16N2O3. The molecule has 0 aromatic carbocycles. The standard InChI is InChI=1S/C12H16N2O3/c1-16-8-7-14(6-2-5-13)9-11-3-4-12(10-15)17-11/h3-4,10H,2,6-9H2,1H3.